The number of nitrogens with zero attached hydrogens (tertiary/aromatic N) is 2. The normalized spacial score (nSPS) is 14.7. The number of aromatic nitrogens is 1. The summed E-state index contributed by atoms with van der Waals surface area (Å²) in [4.78, 5) is 31.8. The number of rotatable bonds is 3. The molecule has 0 unspecified atom stereocenters. The van der Waals surface area contributed by atoms with Crippen LogP contribution in [0.1, 0.15) is 29.8 Å². The zero-order valence-electron chi connectivity index (χ0n) is 17.5. The summed E-state index contributed by atoms with van der Waals surface area (Å²) in [6.07, 6.45) is 0. The highest BCUT2D eigenvalue weighted by molar-refractivity contribution is 7.14. The number of thiazole rings is 1. The summed E-state index contributed by atoms with van der Waals surface area (Å²) >= 11 is 1.39. The molecule has 0 atom stereocenters. The van der Waals surface area contributed by atoms with E-state index < -0.39 is 5.41 Å². The monoisotopic (exact) mass is 427 g/mol. The molecule has 154 valence electrons. The Hall–Kier alpha value is -3.51. The average molecular weight is 428 g/mol. The first-order valence-corrected chi connectivity index (χ1v) is 10.9. The van der Waals surface area contributed by atoms with Gasteiger partial charge in [0.2, 0.25) is 5.91 Å². The minimum Gasteiger partial charge on any atom is -0.314 e. The number of likely N-dealkylation sites (N-methyl/N-ethyl adjacent to an activating group) is 1. The maximum absolute atomic E-state index is 12.9. The van der Waals surface area contributed by atoms with Gasteiger partial charge in [0.1, 0.15) is 0 Å². The minimum atomic E-state index is -0.568. The Morgan fingerprint density at radius 2 is 1.84 bits per heavy atom. The molecule has 0 bridgehead atoms. The first-order chi connectivity index (χ1) is 14.9. The molecule has 1 aliphatic rings. The second-order valence-corrected chi connectivity index (χ2v) is 9.10. The number of hydrogen-bond donors (Lipinski definition) is 1. The smallest absolute Gasteiger partial charge is 0.258 e. The van der Waals surface area contributed by atoms with Crippen molar-refractivity contribution in [2.45, 2.75) is 19.3 Å². The van der Waals surface area contributed by atoms with Gasteiger partial charge in [0.15, 0.2) is 5.13 Å². The highest BCUT2D eigenvalue weighted by atomic mass is 32.1. The molecule has 5 nitrogen and oxygen atoms in total. The highest BCUT2D eigenvalue weighted by Crippen LogP contribution is 2.42. The average Bonchev–Trinajstić information content (AvgIpc) is 3.31. The quantitative estimate of drug-likeness (QED) is 0.472. The van der Waals surface area contributed by atoms with Gasteiger partial charge in [-0.1, -0.05) is 42.5 Å². The Bertz CT molecular complexity index is 1350. The van der Waals surface area contributed by atoms with Gasteiger partial charge in [0.25, 0.3) is 5.91 Å². The van der Waals surface area contributed by atoms with Crippen LogP contribution in [0, 0.1) is 0 Å². The Morgan fingerprint density at radius 1 is 1.06 bits per heavy atom. The summed E-state index contributed by atoms with van der Waals surface area (Å²) in [5.41, 5.74) is 3.68. The molecular weight excluding hydrogens is 406 g/mol. The van der Waals surface area contributed by atoms with Crippen molar-refractivity contribution in [3.63, 3.8) is 0 Å². The number of hydrogen-bond acceptors (Lipinski definition) is 4. The van der Waals surface area contributed by atoms with E-state index >= 15 is 0 Å². The number of nitrogens with one attached hydrogen (secondary N) is 1. The molecule has 6 heteroatoms. The standard InChI is InChI=1S/C25H21N3O2S/c1-25(2)19-13-16(11-12-21(19)28(3)23(25)30)20-14-31-24(26-20)27-22(29)18-10-6-8-15-7-4-5-9-17(15)18/h4-14H,1-3H3,(H,26,27,29). The fourth-order valence-corrected chi connectivity index (χ4v) is 4.90. The van der Waals surface area contributed by atoms with E-state index in [-0.39, 0.29) is 11.8 Å². The minimum absolute atomic E-state index is 0.0842. The Morgan fingerprint density at radius 3 is 2.68 bits per heavy atom. The SMILES string of the molecule is CN1C(=O)C(C)(C)c2cc(-c3csc(NC(=O)c4cccc5ccccc45)n3)ccc21. The third kappa shape index (κ3) is 3.11. The summed E-state index contributed by atoms with van der Waals surface area (Å²) in [5, 5.41) is 7.33. The number of carbonyl (C=O) groups excluding carboxylic acids is 2. The van der Waals surface area contributed by atoms with Gasteiger partial charge in [-0.25, -0.2) is 4.98 Å². The molecule has 0 aliphatic carbocycles. The van der Waals surface area contributed by atoms with Crippen LogP contribution in [0.3, 0.4) is 0 Å². The van der Waals surface area contributed by atoms with Crippen LogP contribution in [0.2, 0.25) is 0 Å². The summed E-state index contributed by atoms with van der Waals surface area (Å²) in [7, 11) is 1.80. The predicted molar refractivity (Wildman–Crippen MR) is 126 cm³/mol. The van der Waals surface area contributed by atoms with Gasteiger partial charge < -0.3 is 4.90 Å². The van der Waals surface area contributed by atoms with E-state index in [1.165, 1.54) is 11.3 Å². The third-order valence-corrected chi connectivity index (χ3v) is 6.68. The fourth-order valence-electron chi connectivity index (χ4n) is 4.18. The summed E-state index contributed by atoms with van der Waals surface area (Å²) in [5.74, 6) is -0.0963. The van der Waals surface area contributed by atoms with Crippen molar-refractivity contribution in [3.8, 4) is 11.3 Å². The van der Waals surface area contributed by atoms with Crippen molar-refractivity contribution in [1.82, 2.24) is 4.98 Å². The highest BCUT2D eigenvalue weighted by Gasteiger charge is 2.42. The Kier molecular flexibility index (Phi) is 4.41. The summed E-state index contributed by atoms with van der Waals surface area (Å²) in [6.45, 7) is 3.89. The number of benzene rings is 3. The lowest BCUT2D eigenvalue weighted by Gasteiger charge is -2.16. The predicted octanol–water partition coefficient (Wildman–Crippen LogP) is 5.47. The van der Waals surface area contributed by atoms with Gasteiger partial charge in [-0.05, 0) is 48.4 Å². The molecular formula is C25H21N3O2S. The third-order valence-electron chi connectivity index (χ3n) is 5.93. The van der Waals surface area contributed by atoms with Crippen LogP contribution in [-0.4, -0.2) is 23.8 Å². The van der Waals surface area contributed by atoms with E-state index in [0.29, 0.717) is 10.7 Å². The van der Waals surface area contributed by atoms with Gasteiger partial charge in [-0.2, -0.15) is 0 Å². The molecule has 4 aromatic rings. The Labute approximate surface area is 184 Å². The van der Waals surface area contributed by atoms with Crippen molar-refractivity contribution < 1.29 is 9.59 Å². The molecule has 0 saturated heterocycles. The van der Waals surface area contributed by atoms with Crippen molar-refractivity contribution in [1.29, 1.82) is 0 Å². The van der Waals surface area contributed by atoms with Gasteiger partial charge in [-0.3, -0.25) is 14.9 Å². The van der Waals surface area contributed by atoms with Crippen molar-refractivity contribution in [3.05, 3.63) is 77.2 Å². The maximum Gasteiger partial charge on any atom is 0.258 e. The van der Waals surface area contributed by atoms with Crippen molar-refractivity contribution in [2.24, 2.45) is 0 Å². The molecule has 0 spiro atoms. The topological polar surface area (TPSA) is 62.3 Å². The first kappa shape index (κ1) is 19.5. The molecule has 0 saturated carbocycles. The molecule has 5 rings (SSSR count). The van der Waals surface area contributed by atoms with Gasteiger partial charge >= 0.3 is 0 Å². The second kappa shape index (κ2) is 7.03. The lowest BCUT2D eigenvalue weighted by atomic mass is 9.85. The molecule has 1 aromatic heterocycles. The van der Waals surface area contributed by atoms with Crippen LogP contribution < -0.4 is 10.2 Å². The number of amides is 2. The molecule has 3 aromatic carbocycles. The van der Waals surface area contributed by atoms with E-state index in [4.69, 9.17) is 0 Å². The maximum atomic E-state index is 12.9. The van der Waals surface area contributed by atoms with Crippen LogP contribution in [0.5, 0.6) is 0 Å². The fraction of sp³-hybridized carbons (Fsp3) is 0.160. The van der Waals surface area contributed by atoms with E-state index in [9.17, 15) is 9.59 Å². The van der Waals surface area contributed by atoms with E-state index in [2.05, 4.69) is 10.3 Å². The summed E-state index contributed by atoms with van der Waals surface area (Å²) < 4.78 is 0. The van der Waals surface area contributed by atoms with E-state index in [1.54, 1.807) is 11.9 Å². The van der Waals surface area contributed by atoms with Crippen molar-refractivity contribution in [2.75, 3.05) is 17.3 Å². The summed E-state index contributed by atoms with van der Waals surface area (Å²) in [6, 6.07) is 19.5. The molecule has 1 N–H and O–H groups in total. The van der Waals surface area contributed by atoms with Gasteiger partial charge in [-0.15, -0.1) is 11.3 Å². The number of fused-ring (bicyclic) bond motifs is 2. The molecule has 0 radical (unpaired) electrons. The largest absolute Gasteiger partial charge is 0.314 e. The van der Waals surface area contributed by atoms with Crippen LogP contribution in [0.15, 0.2) is 66.0 Å². The lowest BCUT2D eigenvalue weighted by molar-refractivity contribution is -0.121. The number of carbonyl (C=O) groups is 2. The van der Waals surface area contributed by atoms with E-state index in [1.807, 2.05) is 79.9 Å². The van der Waals surface area contributed by atoms with Crippen LogP contribution >= 0.6 is 11.3 Å². The molecule has 2 heterocycles. The van der Waals surface area contributed by atoms with Gasteiger partial charge in [0.05, 0.1) is 11.1 Å². The van der Waals surface area contributed by atoms with Crippen LogP contribution in [0.25, 0.3) is 22.0 Å². The zero-order valence-corrected chi connectivity index (χ0v) is 18.3. The Balaban J connectivity index is 1.43. The second-order valence-electron chi connectivity index (χ2n) is 8.24. The molecule has 1 aliphatic heterocycles. The van der Waals surface area contributed by atoms with E-state index in [0.717, 1.165) is 33.3 Å². The first-order valence-electron chi connectivity index (χ1n) is 10.0. The van der Waals surface area contributed by atoms with Crippen LogP contribution in [0.4, 0.5) is 10.8 Å². The lowest BCUT2D eigenvalue weighted by Crippen LogP contribution is -2.33. The molecule has 0 fully saturated rings. The zero-order chi connectivity index (χ0) is 21.8. The van der Waals surface area contributed by atoms with Gasteiger partial charge in [0, 0.05) is 29.2 Å². The molecule has 2 amide bonds. The van der Waals surface area contributed by atoms with Crippen LogP contribution in [-0.2, 0) is 10.2 Å². The van der Waals surface area contributed by atoms with Crippen molar-refractivity contribution >= 4 is 44.7 Å². The number of anilines is 2. The molecule has 31 heavy (non-hydrogen) atoms.